The molecule has 0 saturated carbocycles. The van der Waals surface area contributed by atoms with E-state index in [0.29, 0.717) is 12.5 Å². The van der Waals surface area contributed by atoms with E-state index in [1.165, 1.54) is 5.56 Å². The lowest BCUT2D eigenvalue weighted by atomic mass is 10.1. The highest BCUT2D eigenvalue weighted by Gasteiger charge is 2.02. The second-order valence-electron chi connectivity index (χ2n) is 5.19. The van der Waals surface area contributed by atoms with Crippen LogP contribution in [0, 0.1) is 5.92 Å². The van der Waals surface area contributed by atoms with Crippen LogP contribution in [-0.2, 0) is 6.42 Å². The van der Waals surface area contributed by atoms with Gasteiger partial charge >= 0.3 is 0 Å². The summed E-state index contributed by atoms with van der Waals surface area (Å²) in [6, 6.07) is 8.21. The molecular weight excluding hydrogens is 224 g/mol. The predicted molar refractivity (Wildman–Crippen MR) is 77.0 cm³/mol. The highest BCUT2D eigenvalue weighted by Crippen LogP contribution is 2.12. The average molecular weight is 250 g/mol. The van der Waals surface area contributed by atoms with Gasteiger partial charge in [0.15, 0.2) is 0 Å². The van der Waals surface area contributed by atoms with Gasteiger partial charge in [0, 0.05) is 13.1 Å². The fourth-order valence-corrected chi connectivity index (χ4v) is 1.95. The van der Waals surface area contributed by atoms with E-state index in [1.54, 1.807) is 0 Å². The molecule has 3 heteroatoms. The van der Waals surface area contributed by atoms with Crippen molar-refractivity contribution in [1.82, 2.24) is 4.90 Å². The fourth-order valence-electron chi connectivity index (χ4n) is 1.95. The number of hydrogen-bond donors (Lipinski definition) is 1. The molecule has 0 fully saturated rings. The van der Waals surface area contributed by atoms with Gasteiger partial charge in [0.1, 0.15) is 12.4 Å². The molecule has 0 spiro atoms. The molecule has 0 radical (unpaired) electrons. The minimum absolute atomic E-state index is 0.695. The minimum Gasteiger partial charge on any atom is -0.492 e. The Labute approximate surface area is 111 Å². The molecule has 0 unspecified atom stereocenters. The Morgan fingerprint density at radius 3 is 2.44 bits per heavy atom. The van der Waals surface area contributed by atoms with Crippen molar-refractivity contribution in [3.05, 3.63) is 29.8 Å². The van der Waals surface area contributed by atoms with Gasteiger partial charge in [-0.3, -0.25) is 0 Å². The number of benzene rings is 1. The molecule has 3 nitrogen and oxygen atoms in total. The third kappa shape index (κ3) is 6.03. The fraction of sp³-hybridized carbons (Fsp3) is 0.600. The molecule has 102 valence electrons. The first-order chi connectivity index (χ1) is 8.61. The third-order valence-corrected chi connectivity index (χ3v) is 2.77. The largest absolute Gasteiger partial charge is 0.492 e. The van der Waals surface area contributed by atoms with Crippen LogP contribution in [0.15, 0.2) is 24.3 Å². The Morgan fingerprint density at radius 1 is 1.22 bits per heavy atom. The molecular formula is C15H26N2O. The Balaban J connectivity index is 2.26. The molecule has 0 atom stereocenters. The lowest BCUT2D eigenvalue weighted by Gasteiger charge is -2.18. The van der Waals surface area contributed by atoms with Gasteiger partial charge < -0.3 is 15.4 Å². The molecule has 0 bridgehead atoms. The number of hydrogen-bond acceptors (Lipinski definition) is 3. The monoisotopic (exact) mass is 250 g/mol. The first kappa shape index (κ1) is 15.0. The highest BCUT2D eigenvalue weighted by atomic mass is 16.5. The van der Waals surface area contributed by atoms with Crippen LogP contribution in [0.4, 0.5) is 0 Å². The number of likely N-dealkylation sites (N-methyl/N-ethyl adjacent to an activating group) is 1. The molecule has 2 N–H and O–H groups in total. The third-order valence-electron chi connectivity index (χ3n) is 2.77. The topological polar surface area (TPSA) is 38.5 Å². The van der Waals surface area contributed by atoms with Gasteiger partial charge in [-0.15, -0.1) is 0 Å². The summed E-state index contributed by atoms with van der Waals surface area (Å²) in [5.74, 6) is 1.64. The van der Waals surface area contributed by atoms with E-state index >= 15 is 0 Å². The molecule has 0 heterocycles. The van der Waals surface area contributed by atoms with Crippen molar-refractivity contribution in [2.24, 2.45) is 11.7 Å². The maximum Gasteiger partial charge on any atom is 0.119 e. The normalized spacial score (nSPS) is 11.2. The van der Waals surface area contributed by atoms with Crippen molar-refractivity contribution in [3.8, 4) is 5.75 Å². The van der Waals surface area contributed by atoms with Crippen molar-refractivity contribution < 1.29 is 4.74 Å². The summed E-state index contributed by atoms with van der Waals surface area (Å²) in [5.41, 5.74) is 6.78. The van der Waals surface area contributed by atoms with Crippen LogP contribution < -0.4 is 10.5 Å². The SMILES string of the molecule is CC(C)CN(C)CCOc1ccc(CCN)cc1. The first-order valence-electron chi connectivity index (χ1n) is 6.72. The zero-order valence-corrected chi connectivity index (χ0v) is 11.9. The summed E-state index contributed by atoms with van der Waals surface area (Å²) in [5, 5.41) is 0. The zero-order chi connectivity index (χ0) is 13.4. The van der Waals surface area contributed by atoms with Gasteiger partial charge in [-0.05, 0) is 43.6 Å². The summed E-state index contributed by atoms with van der Waals surface area (Å²) in [6.07, 6.45) is 0.928. The van der Waals surface area contributed by atoms with Crippen LogP contribution in [0.1, 0.15) is 19.4 Å². The van der Waals surface area contributed by atoms with Crippen molar-refractivity contribution in [2.75, 3.05) is 33.3 Å². The van der Waals surface area contributed by atoms with Gasteiger partial charge in [0.25, 0.3) is 0 Å². The van der Waals surface area contributed by atoms with Gasteiger partial charge in [-0.2, -0.15) is 0 Å². The maximum absolute atomic E-state index is 5.72. The molecule has 0 saturated heterocycles. The lowest BCUT2D eigenvalue weighted by Crippen LogP contribution is -2.27. The second kappa shape index (κ2) is 8.11. The summed E-state index contributed by atoms with van der Waals surface area (Å²) < 4.78 is 5.72. The number of rotatable bonds is 8. The van der Waals surface area contributed by atoms with Gasteiger partial charge in [-0.1, -0.05) is 26.0 Å². The van der Waals surface area contributed by atoms with E-state index in [9.17, 15) is 0 Å². The molecule has 1 aromatic carbocycles. The van der Waals surface area contributed by atoms with Gasteiger partial charge in [-0.25, -0.2) is 0 Å². The maximum atomic E-state index is 5.72. The van der Waals surface area contributed by atoms with E-state index in [2.05, 4.69) is 37.9 Å². The summed E-state index contributed by atoms with van der Waals surface area (Å²) in [6.45, 7) is 7.96. The Kier molecular flexibility index (Phi) is 6.76. The molecule has 1 aromatic rings. The number of nitrogens with two attached hydrogens (primary N) is 1. The lowest BCUT2D eigenvalue weighted by molar-refractivity contribution is 0.223. The van der Waals surface area contributed by atoms with E-state index in [1.807, 2.05) is 12.1 Å². The van der Waals surface area contributed by atoms with Crippen molar-refractivity contribution in [1.29, 1.82) is 0 Å². The first-order valence-corrected chi connectivity index (χ1v) is 6.72. The van der Waals surface area contributed by atoms with Gasteiger partial charge in [0.2, 0.25) is 0 Å². The van der Waals surface area contributed by atoms with Crippen LogP contribution in [0.3, 0.4) is 0 Å². The molecule has 0 aliphatic carbocycles. The quantitative estimate of drug-likeness (QED) is 0.768. The Morgan fingerprint density at radius 2 is 1.89 bits per heavy atom. The van der Waals surface area contributed by atoms with Crippen molar-refractivity contribution in [2.45, 2.75) is 20.3 Å². The standard InChI is InChI=1S/C15H26N2O/c1-13(2)12-17(3)10-11-18-15-6-4-14(5-7-15)8-9-16/h4-7,13H,8-12,16H2,1-3H3. The summed E-state index contributed by atoms with van der Waals surface area (Å²) >= 11 is 0. The Hall–Kier alpha value is -1.06. The van der Waals surface area contributed by atoms with Crippen molar-refractivity contribution >= 4 is 0 Å². The van der Waals surface area contributed by atoms with Crippen LogP contribution in [0.2, 0.25) is 0 Å². The molecule has 1 rings (SSSR count). The van der Waals surface area contributed by atoms with E-state index < -0.39 is 0 Å². The molecule has 18 heavy (non-hydrogen) atoms. The number of nitrogens with zero attached hydrogens (tertiary/aromatic N) is 1. The smallest absolute Gasteiger partial charge is 0.119 e. The molecule has 0 aliphatic heterocycles. The summed E-state index contributed by atoms with van der Waals surface area (Å²) in [4.78, 5) is 2.30. The van der Waals surface area contributed by atoms with E-state index in [0.717, 1.165) is 31.9 Å². The second-order valence-corrected chi connectivity index (χ2v) is 5.19. The van der Waals surface area contributed by atoms with Crippen LogP contribution in [0.25, 0.3) is 0 Å². The predicted octanol–water partition coefficient (Wildman–Crippen LogP) is 2.15. The van der Waals surface area contributed by atoms with E-state index in [-0.39, 0.29) is 0 Å². The summed E-state index contributed by atoms with van der Waals surface area (Å²) in [7, 11) is 2.13. The molecule has 0 aromatic heterocycles. The minimum atomic E-state index is 0.695. The van der Waals surface area contributed by atoms with Crippen molar-refractivity contribution in [3.63, 3.8) is 0 Å². The average Bonchev–Trinajstić information content (AvgIpc) is 2.31. The Bertz CT molecular complexity index is 322. The van der Waals surface area contributed by atoms with Crippen LogP contribution in [-0.4, -0.2) is 38.2 Å². The van der Waals surface area contributed by atoms with Gasteiger partial charge in [0.05, 0.1) is 0 Å². The number of ether oxygens (including phenoxy) is 1. The molecule has 0 amide bonds. The highest BCUT2D eigenvalue weighted by molar-refractivity contribution is 5.27. The molecule has 0 aliphatic rings. The zero-order valence-electron chi connectivity index (χ0n) is 11.9. The van der Waals surface area contributed by atoms with E-state index in [4.69, 9.17) is 10.5 Å². The van der Waals surface area contributed by atoms with Crippen LogP contribution in [0.5, 0.6) is 5.75 Å². The van der Waals surface area contributed by atoms with Crippen LogP contribution >= 0.6 is 0 Å².